The number of thiazole rings is 1. The summed E-state index contributed by atoms with van der Waals surface area (Å²) in [6, 6.07) is 9.96. The van der Waals surface area contributed by atoms with E-state index in [0.29, 0.717) is 6.61 Å². The summed E-state index contributed by atoms with van der Waals surface area (Å²) in [5.74, 6) is 0.927. The van der Waals surface area contributed by atoms with Crippen molar-refractivity contribution in [2.45, 2.75) is 39.7 Å². The Bertz CT molecular complexity index is 525. The summed E-state index contributed by atoms with van der Waals surface area (Å²) in [6.45, 7) is 6.95. The summed E-state index contributed by atoms with van der Waals surface area (Å²) < 4.78 is 5.75. The van der Waals surface area contributed by atoms with Crippen LogP contribution in [0.25, 0.3) is 0 Å². The molecule has 114 valence electrons. The SMILES string of the molecule is CCCc1nc(CCOc2ccccc2)sc1CNCC. The predicted octanol–water partition coefficient (Wildman–Crippen LogP) is 3.83. The Morgan fingerprint density at radius 3 is 2.67 bits per heavy atom. The number of para-hydroxylation sites is 1. The Morgan fingerprint density at radius 2 is 1.95 bits per heavy atom. The number of aromatic nitrogens is 1. The van der Waals surface area contributed by atoms with Gasteiger partial charge in [-0.3, -0.25) is 0 Å². The number of aryl methyl sites for hydroxylation is 1. The van der Waals surface area contributed by atoms with Crippen molar-refractivity contribution in [1.82, 2.24) is 10.3 Å². The molecule has 0 aliphatic rings. The van der Waals surface area contributed by atoms with Crippen molar-refractivity contribution in [3.8, 4) is 5.75 Å². The summed E-state index contributed by atoms with van der Waals surface area (Å²) in [6.07, 6.45) is 3.09. The zero-order valence-corrected chi connectivity index (χ0v) is 13.7. The van der Waals surface area contributed by atoms with E-state index in [9.17, 15) is 0 Å². The van der Waals surface area contributed by atoms with Gasteiger partial charge in [0.15, 0.2) is 0 Å². The van der Waals surface area contributed by atoms with Crippen LogP contribution in [0, 0.1) is 0 Å². The van der Waals surface area contributed by atoms with Gasteiger partial charge in [0.05, 0.1) is 17.3 Å². The van der Waals surface area contributed by atoms with Crippen LogP contribution < -0.4 is 10.1 Å². The van der Waals surface area contributed by atoms with Crippen molar-refractivity contribution < 1.29 is 4.74 Å². The molecule has 0 amide bonds. The van der Waals surface area contributed by atoms with Crippen LogP contribution in [0.5, 0.6) is 5.75 Å². The number of ether oxygens (including phenoxy) is 1. The molecule has 4 heteroatoms. The molecule has 1 N–H and O–H groups in total. The second kappa shape index (κ2) is 8.80. The molecule has 0 spiro atoms. The molecule has 1 heterocycles. The van der Waals surface area contributed by atoms with E-state index < -0.39 is 0 Å². The van der Waals surface area contributed by atoms with Gasteiger partial charge in [0.1, 0.15) is 5.75 Å². The smallest absolute Gasteiger partial charge is 0.119 e. The summed E-state index contributed by atoms with van der Waals surface area (Å²) in [5.41, 5.74) is 1.26. The lowest BCUT2D eigenvalue weighted by Gasteiger charge is -2.03. The molecule has 0 unspecified atom stereocenters. The summed E-state index contributed by atoms with van der Waals surface area (Å²) >= 11 is 1.82. The molecule has 0 aliphatic heterocycles. The van der Waals surface area contributed by atoms with E-state index in [4.69, 9.17) is 9.72 Å². The van der Waals surface area contributed by atoms with Crippen LogP contribution >= 0.6 is 11.3 Å². The van der Waals surface area contributed by atoms with Crippen molar-refractivity contribution in [3.63, 3.8) is 0 Å². The number of nitrogens with one attached hydrogen (secondary N) is 1. The van der Waals surface area contributed by atoms with Crippen molar-refractivity contribution in [2.24, 2.45) is 0 Å². The van der Waals surface area contributed by atoms with Crippen molar-refractivity contribution >= 4 is 11.3 Å². The fraction of sp³-hybridized carbons (Fsp3) is 0.471. The monoisotopic (exact) mass is 304 g/mol. The molecule has 21 heavy (non-hydrogen) atoms. The van der Waals surface area contributed by atoms with Gasteiger partial charge in [-0.1, -0.05) is 38.5 Å². The minimum atomic E-state index is 0.684. The fourth-order valence-electron chi connectivity index (χ4n) is 2.13. The maximum Gasteiger partial charge on any atom is 0.119 e. The van der Waals surface area contributed by atoms with E-state index >= 15 is 0 Å². The normalized spacial score (nSPS) is 10.8. The van der Waals surface area contributed by atoms with Gasteiger partial charge in [-0.2, -0.15) is 0 Å². The number of hydrogen-bond acceptors (Lipinski definition) is 4. The third-order valence-corrected chi connectivity index (χ3v) is 4.33. The number of nitrogens with zero attached hydrogens (tertiary/aromatic N) is 1. The third-order valence-electron chi connectivity index (χ3n) is 3.17. The summed E-state index contributed by atoms with van der Waals surface area (Å²) in [5, 5.41) is 4.58. The first-order valence-corrected chi connectivity index (χ1v) is 8.51. The molecular formula is C17H24N2OS. The largest absolute Gasteiger partial charge is 0.493 e. The minimum absolute atomic E-state index is 0.684. The van der Waals surface area contributed by atoms with E-state index in [1.807, 2.05) is 41.7 Å². The summed E-state index contributed by atoms with van der Waals surface area (Å²) in [7, 11) is 0. The molecule has 0 aliphatic carbocycles. The Hall–Kier alpha value is -1.39. The highest BCUT2D eigenvalue weighted by molar-refractivity contribution is 7.11. The van der Waals surface area contributed by atoms with Gasteiger partial charge in [0, 0.05) is 17.8 Å². The number of hydrogen-bond donors (Lipinski definition) is 1. The quantitative estimate of drug-likeness (QED) is 0.764. The highest BCUT2D eigenvalue weighted by Gasteiger charge is 2.10. The molecule has 0 radical (unpaired) electrons. The molecule has 0 saturated carbocycles. The molecule has 2 rings (SSSR count). The van der Waals surface area contributed by atoms with E-state index in [1.165, 1.54) is 15.6 Å². The van der Waals surface area contributed by atoms with Gasteiger partial charge in [0.2, 0.25) is 0 Å². The predicted molar refractivity (Wildman–Crippen MR) is 89.1 cm³/mol. The standard InChI is InChI=1S/C17H24N2OS/c1-3-8-15-16(13-18-4-2)21-17(19-15)11-12-20-14-9-6-5-7-10-14/h5-7,9-10,18H,3-4,8,11-13H2,1-2H3. The molecule has 3 nitrogen and oxygen atoms in total. The fourth-order valence-corrected chi connectivity index (χ4v) is 3.19. The Kier molecular flexibility index (Phi) is 6.70. The number of rotatable bonds is 9. The zero-order chi connectivity index (χ0) is 14.9. The van der Waals surface area contributed by atoms with E-state index in [0.717, 1.165) is 38.1 Å². The van der Waals surface area contributed by atoms with Crippen molar-refractivity contribution in [1.29, 1.82) is 0 Å². The average molecular weight is 304 g/mol. The van der Waals surface area contributed by atoms with Crippen LogP contribution in [-0.2, 0) is 19.4 Å². The van der Waals surface area contributed by atoms with E-state index in [2.05, 4.69) is 19.2 Å². The molecule has 0 bridgehead atoms. The van der Waals surface area contributed by atoms with Crippen molar-refractivity contribution in [3.05, 3.63) is 45.9 Å². The lowest BCUT2D eigenvalue weighted by atomic mass is 10.2. The maximum absolute atomic E-state index is 5.75. The third kappa shape index (κ3) is 5.14. The second-order valence-electron chi connectivity index (χ2n) is 4.92. The highest BCUT2D eigenvalue weighted by Crippen LogP contribution is 2.21. The zero-order valence-electron chi connectivity index (χ0n) is 12.9. The van der Waals surface area contributed by atoms with E-state index in [-0.39, 0.29) is 0 Å². The molecule has 0 fully saturated rings. The molecule has 2 aromatic rings. The van der Waals surface area contributed by atoms with Crippen LogP contribution in [0.4, 0.5) is 0 Å². The van der Waals surface area contributed by atoms with Crippen LogP contribution in [0.1, 0.15) is 35.8 Å². The first kappa shape index (κ1) is 16.0. The van der Waals surface area contributed by atoms with Crippen LogP contribution in [0.2, 0.25) is 0 Å². The van der Waals surface area contributed by atoms with Crippen LogP contribution in [0.3, 0.4) is 0 Å². The molecule has 0 saturated heterocycles. The summed E-state index contributed by atoms with van der Waals surface area (Å²) in [4.78, 5) is 6.17. The van der Waals surface area contributed by atoms with Gasteiger partial charge >= 0.3 is 0 Å². The molecule has 1 aromatic carbocycles. The minimum Gasteiger partial charge on any atom is -0.493 e. The van der Waals surface area contributed by atoms with Gasteiger partial charge < -0.3 is 10.1 Å². The number of benzene rings is 1. The topological polar surface area (TPSA) is 34.1 Å². The Labute approximate surface area is 131 Å². The first-order valence-electron chi connectivity index (χ1n) is 7.69. The first-order chi connectivity index (χ1) is 10.3. The average Bonchev–Trinajstić information content (AvgIpc) is 2.89. The van der Waals surface area contributed by atoms with Gasteiger partial charge in [0.25, 0.3) is 0 Å². The second-order valence-corrected chi connectivity index (χ2v) is 6.09. The molecule has 1 aromatic heterocycles. The Balaban J connectivity index is 1.90. The lowest BCUT2D eigenvalue weighted by molar-refractivity contribution is 0.321. The molecular weight excluding hydrogens is 280 g/mol. The van der Waals surface area contributed by atoms with Gasteiger partial charge in [-0.15, -0.1) is 11.3 Å². The van der Waals surface area contributed by atoms with Gasteiger partial charge in [-0.05, 0) is 25.1 Å². The van der Waals surface area contributed by atoms with Crippen LogP contribution in [-0.4, -0.2) is 18.1 Å². The lowest BCUT2D eigenvalue weighted by Crippen LogP contribution is -2.11. The Morgan fingerprint density at radius 1 is 1.14 bits per heavy atom. The van der Waals surface area contributed by atoms with Gasteiger partial charge in [-0.25, -0.2) is 4.98 Å². The van der Waals surface area contributed by atoms with Crippen LogP contribution in [0.15, 0.2) is 30.3 Å². The molecule has 0 atom stereocenters. The maximum atomic E-state index is 5.75. The van der Waals surface area contributed by atoms with E-state index in [1.54, 1.807) is 0 Å². The highest BCUT2D eigenvalue weighted by atomic mass is 32.1. The van der Waals surface area contributed by atoms with Crippen molar-refractivity contribution in [2.75, 3.05) is 13.2 Å².